The van der Waals surface area contributed by atoms with Crippen LogP contribution < -0.4 is 10.6 Å². The molecule has 4 atom stereocenters. The summed E-state index contributed by atoms with van der Waals surface area (Å²) in [6, 6.07) is 1.53. The van der Waals surface area contributed by atoms with E-state index in [1.54, 1.807) is 0 Å². The first-order valence-electron chi connectivity index (χ1n) is 10.1. The SMILES string of the molecule is CC1CCCC(C)C1NCCCCNC1C(C)CCCC1C. The number of hydrogen-bond donors (Lipinski definition) is 2. The van der Waals surface area contributed by atoms with Crippen LogP contribution in [0.5, 0.6) is 0 Å². The normalized spacial score (nSPS) is 39.8. The van der Waals surface area contributed by atoms with Crippen LogP contribution in [-0.4, -0.2) is 25.2 Å². The average Bonchev–Trinajstić information content (AvgIpc) is 2.47. The van der Waals surface area contributed by atoms with Crippen molar-refractivity contribution in [3.8, 4) is 0 Å². The molecule has 2 fully saturated rings. The fourth-order valence-corrected chi connectivity index (χ4v) is 4.96. The van der Waals surface area contributed by atoms with Crippen LogP contribution in [0.4, 0.5) is 0 Å². The Morgan fingerprint density at radius 3 is 1.23 bits per heavy atom. The molecule has 0 aromatic carbocycles. The van der Waals surface area contributed by atoms with Crippen LogP contribution in [0.25, 0.3) is 0 Å². The molecular weight excluding hydrogens is 268 g/mol. The molecule has 2 aliphatic rings. The van der Waals surface area contributed by atoms with Gasteiger partial charge in [0.1, 0.15) is 0 Å². The minimum atomic E-state index is 0.764. The molecule has 0 heterocycles. The maximum atomic E-state index is 3.85. The topological polar surface area (TPSA) is 24.1 Å². The Morgan fingerprint density at radius 1 is 0.591 bits per heavy atom. The minimum Gasteiger partial charge on any atom is -0.313 e. The third-order valence-corrected chi connectivity index (χ3v) is 6.45. The molecule has 0 bridgehead atoms. The lowest BCUT2D eigenvalue weighted by Gasteiger charge is -2.36. The van der Waals surface area contributed by atoms with Gasteiger partial charge in [-0.3, -0.25) is 0 Å². The minimum absolute atomic E-state index is 0.764. The summed E-state index contributed by atoms with van der Waals surface area (Å²) in [4.78, 5) is 0. The van der Waals surface area contributed by atoms with E-state index >= 15 is 0 Å². The molecule has 130 valence electrons. The predicted octanol–water partition coefficient (Wildman–Crippen LogP) is 4.60. The molecule has 2 rings (SSSR count). The zero-order valence-corrected chi connectivity index (χ0v) is 15.5. The van der Waals surface area contributed by atoms with E-state index in [4.69, 9.17) is 0 Å². The van der Waals surface area contributed by atoms with Crippen LogP contribution >= 0.6 is 0 Å². The van der Waals surface area contributed by atoms with Crippen molar-refractivity contribution in [3.05, 3.63) is 0 Å². The number of unbranched alkanes of at least 4 members (excludes halogenated alkanes) is 1. The smallest absolute Gasteiger partial charge is 0.0118 e. The zero-order valence-electron chi connectivity index (χ0n) is 15.5. The van der Waals surface area contributed by atoms with Gasteiger partial charge in [0, 0.05) is 12.1 Å². The van der Waals surface area contributed by atoms with E-state index in [9.17, 15) is 0 Å². The Balaban J connectivity index is 1.55. The van der Waals surface area contributed by atoms with Crippen molar-refractivity contribution in [2.45, 2.75) is 91.1 Å². The van der Waals surface area contributed by atoms with Crippen molar-refractivity contribution in [1.29, 1.82) is 0 Å². The second-order valence-corrected chi connectivity index (χ2v) is 8.44. The molecule has 2 N–H and O–H groups in total. The molecule has 2 saturated carbocycles. The van der Waals surface area contributed by atoms with Gasteiger partial charge in [0.2, 0.25) is 0 Å². The second kappa shape index (κ2) is 9.27. The van der Waals surface area contributed by atoms with Crippen LogP contribution in [0, 0.1) is 23.7 Å². The van der Waals surface area contributed by atoms with E-state index in [1.165, 1.54) is 64.5 Å². The van der Waals surface area contributed by atoms with E-state index in [0.29, 0.717) is 0 Å². The molecule has 22 heavy (non-hydrogen) atoms. The Morgan fingerprint density at radius 2 is 0.909 bits per heavy atom. The fourth-order valence-electron chi connectivity index (χ4n) is 4.96. The molecule has 0 spiro atoms. The third kappa shape index (κ3) is 5.23. The van der Waals surface area contributed by atoms with Gasteiger partial charge in [0.05, 0.1) is 0 Å². The van der Waals surface area contributed by atoms with Gasteiger partial charge in [-0.05, 0) is 75.3 Å². The fraction of sp³-hybridized carbons (Fsp3) is 1.00. The highest BCUT2D eigenvalue weighted by atomic mass is 14.9. The van der Waals surface area contributed by atoms with Gasteiger partial charge >= 0.3 is 0 Å². The molecule has 0 aliphatic heterocycles. The molecule has 2 aliphatic carbocycles. The largest absolute Gasteiger partial charge is 0.313 e. The molecule has 0 saturated heterocycles. The van der Waals surface area contributed by atoms with Crippen LogP contribution in [0.15, 0.2) is 0 Å². The number of hydrogen-bond acceptors (Lipinski definition) is 2. The first-order chi connectivity index (χ1) is 10.6. The summed E-state index contributed by atoms with van der Waals surface area (Å²) in [5.74, 6) is 3.47. The lowest BCUT2D eigenvalue weighted by molar-refractivity contribution is 0.203. The first kappa shape index (κ1) is 18.3. The lowest BCUT2D eigenvalue weighted by Crippen LogP contribution is -2.44. The Kier molecular flexibility index (Phi) is 7.70. The maximum Gasteiger partial charge on any atom is 0.0118 e. The maximum absolute atomic E-state index is 3.85. The molecule has 0 amide bonds. The van der Waals surface area contributed by atoms with Gasteiger partial charge in [0.15, 0.2) is 0 Å². The summed E-state index contributed by atoms with van der Waals surface area (Å²) >= 11 is 0. The van der Waals surface area contributed by atoms with Crippen LogP contribution in [0.1, 0.15) is 79.1 Å². The first-order valence-corrected chi connectivity index (χ1v) is 10.1. The van der Waals surface area contributed by atoms with E-state index in [0.717, 1.165) is 35.8 Å². The third-order valence-electron chi connectivity index (χ3n) is 6.45. The number of rotatable bonds is 7. The van der Waals surface area contributed by atoms with Crippen molar-refractivity contribution < 1.29 is 0 Å². The van der Waals surface area contributed by atoms with E-state index in [1.807, 2.05) is 0 Å². The molecule has 2 nitrogen and oxygen atoms in total. The van der Waals surface area contributed by atoms with Crippen molar-refractivity contribution in [3.63, 3.8) is 0 Å². The average molecular weight is 309 g/mol. The van der Waals surface area contributed by atoms with E-state index in [2.05, 4.69) is 38.3 Å². The van der Waals surface area contributed by atoms with Crippen molar-refractivity contribution >= 4 is 0 Å². The van der Waals surface area contributed by atoms with E-state index in [-0.39, 0.29) is 0 Å². The van der Waals surface area contributed by atoms with Gasteiger partial charge in [-0.1, -0.05) is 40.5 Å². The zero-order chi connectivity index (χ0) is 15.9. The lowest BCUT2D eigenvalue weighted by atomic mass is 9.78. The summed E-state index contributed by atoms with van der Waals surface area (Å²) < 4.78 is 0. The highest BCUT2D eigenvalue weighted by Gasteiger charge is 2.27. The summed E-state index contributed by atoms with van der Waals surface area (Å²) in [7, 11) is 0. The van der Waals surface area contributed by atoms with Gasteiger partial charge in [-0.2, -0.15) is 0 Å². The van der Waals surface area contributed by atoms with Crippen molar-refractivity contribution in [2.75, 3.05) is 13.1 Å². The van der Waals surface area contributed by atoms with Gasteiger partial charge < -0.3 is 10.6 Å². The predicted molar refractivity (Wildman–Crippen MR) is 97.2 cm³/mol. The molecule has 4 unspecified atom stereocenters. The summed E-state index contributed by atoms with van der Waals surface area (Å²) in [5, 5.41) is 7.70. The number of nitrogens with one attached hydrogen (secondary N) is 2. The Bertz CT molecular complexity index is 254. The van der Waals surface area contributed by atoms with Crippen LogP contribution in [-0.2, 0) is 0 Å². The summed E-state index contributed by atoms with van der Waals surface area (Å²) in [6.45, 7) is 12.1. The standard InChI is InChI=1S/C20H40N2/c1-15-9-7-10-16(2)19(15)21-13-5-6-14-22-20-17(3)11-8-12-18(20)4/h15-22H,5-14H2,1-4H3. The highest BCUT2D eigenvalue weighted by Crippen LogP contribution is 2.29. The molecule has 2 heteroatoms. The molecule has 0 radical (unpaired) electrons. The van der Waals surface area contributed by atoms with Crippen molar-refractivity contribution in [1.82, 2.24) is 10.6 Å². The Hall–Kier alpha value is -0.0800. The molecule has 0 aromatic heterocycles. The van der Waals surface area contributed by atoms with Gasteiger partial charge in [-0.25, -0.2) is 0 Å². The van der Waals surface area contributed by atoms with Crippen LogP contribution in [0.3, 0.4) is 0 Å². The van der Waals surface area contributed by atoms with Crippen LogP contribution in [0.2, 0.25) is 0 Å². The van der Waals surface area contributed by atoms with Gasteiger partial charge in [0.25, 0.3) is 0 Å². The van der Waals surface area contributed by atoms with Gasteiger partial charge in [-0.15, -0.1) is 0 Å². The molecular formula is C20H40N2. The monoisotopic (exact) mass is 308 g/mol. The summed E-state index contributed by atoms with van der Waals surface area (Å²) in [5.41, 5.74) is 0. The Labute approximate surface area is 139 Å². The van der Waals surface area contributed by atoms with Crippen molar-refractivity contribution in [2.24, 2.45) is 23.7 Å². The second-order valence-electron chi connectivity index (χ2n) is 8.44. The summed E-state index contributed by atoms with van der Waals surface area (Å²) in [6.07, 6.45) is 11.2. The quantitative estimate of drug-likeness (QED) is 0.672. The van der Waals surface area contributed by atoms with E-state index < -0.39 is 0 Å². The highest BCUT2D eigenvalue weighted by molar-refractivity contribution is 4.84. The molecule has 0 aromatic rings.